The molecule has 0 aromatic heterocycles. The van der Waals surface area contributed by atoms with E-state index in [1.165, 1.54) is 4.90 Å². The summed E-state index contributed by atoms with van der Waals surface area (Å²) >= 11 is 0. The van der Waals surface area contributed by atoms with E-state index in [0.717, 1.165) is 6.29 Å². The van der Waals surface area contributed by atoms with Gasteiger partial charge in [-0.2, -0.15) is 0 Å². The second kappa shape index (κ2) is 16.9. The van der Waals surface area contributed by atoms with E-state index in [9.17, 15) is 9.59 Å². The molecule has 160 valence electrons. The minimum Gasteiger partial charge on any atom is -0.444 e. The van der Waals surface area contributed by atoms with Crippen LogP contribution in [0.15, 0.2) is 0 Å². The van der Waals surface area contributed by atoms with Gasteiger partial charge in [-0.3, -0.25) is 0 Å². The lowest BCUT2D eigenvalue weighted by atomic mass is 10.2. The van der Waals surface area contributed by atoms with Gasteiger partial charge in [-0.05, 0) is 20.8 Å². The summed E-state index contributed by atoms with van der Waals surface area (Å²) in [6.45, 7) is 10.3. The Morgan fingerprint density at radius 3 is 1.78 bits per heavy atom. The molecule has 0 aromatic carbocycles. The van der Waals surface area contributed by atoms with Gasteiger partial charge in [0, 0.05) is 26.1 Å². The third kappa shape index (κ3) is 17.9. The summed E-state index contributed by atoms with van der Waals surface area (Å²) < 4.78 is 26.7. The number of nitrogens with two attached hydrogens (primary N) is 1. The highest BCUT2D eigenvalue weighted by molar-refractivity contribution is 5.68. The standard InChI is InChI=1S/C18H36N2O7/c1-18(2,3)27-17(22)20(6-4-8-21)7-10-24-12-14-26-16-15-25-13-11-23-9-5-19/h8H,4-7,9-16,19H2,1-3H3. The van der Waals surface area contributed by atoms with E-state index in [1.807, 2.05) is 0 Å². The van der Waals surface area contributed by atoms with E-state index >= 15 is 0 Å². The van der Waals surface area contributed by atoms with Crippen molar-refractivity contribution in [2.75, 3.05) is 72.5 Å². The monoisotopic (exact) mass is 392 g/mol. The molecular formula is C18H36N2O7. The first-order chi connectivity index (χ1) is 12.9. The fourth-order valence-electron chi connectivity index (χ4n) is 1.85. The molecule has 0 aliphatic heterocycles. The highest BCUT2D eigenvalue weighted by Gasteiger charge is 2.21. The van der Waals surface area contributed by atoms with Crippen molar-refractivity contribution in [2.45, 2.75) is 32.8 Å². The summed E-state index contributed by atoms with van der Waals surface area (Å²) in [5.74, 6) is 0. The molecule has 2 N–H and O–H groups in total. The van der Waals surface area contributed by atoms with Crippen LogP contribution in [0, 0.1) is 0 Å². The van der Waals surface area contributed by atoms with Crippen LogP contribution in [0.5, 0.6) is 0 Å². The van der Waals surface area contributed by atoms with Crippen molar-refractivity contribution in [1.82, 2.24) is 4.90 Å². The summed E-state index contributed by atoms with van der Waals surface area (Å²) in [5, 5.41) is 0. The number of nitrogens with zero attached hydrogens (tertiary/aromatic N) is 1. The van der Waals surface area contributed by atoms with Crippen molar-refractivity contribution in [3.63, 3.8) is 0 Å². The molecule has 0 rings (SSSR count). The maximum absolute atomic E-state index is 12.1. The predicted molar refractivity (Wildman–Crippen MR) is 101 cm³/mol. The summed E-state index contributed by atoms with van der Waals surface area (Å²) in [4.78, 5) is 24.1. The highest BCUT2D eigenvalue weighted by Crippen LogP contribution is 2.10. The first kappa shape index (κ1) is 25.7. The quantitative estimate of drug-likeness (QED) is 0.286. The van der Waals surface area contributed by atoms with Crippen LogP contribution in [0.25, 0.3) is 0 Å². The Morgan fingerprint density at radius 1 is 0.852 bits per heavy atom. The van der Waals surface area contributed by atoms with Crippen molar-refractivity contribution in [3.8, 4) is 0 Å². The van der Waals surface area contributed by atoms with Crippen LogP contribution in [0.4, 0.5) is 4.79 Å². The molecule has 9 heteroatoms. The van der Waals surface area contributed by atoms with Gasteiger partial charge in [0.2, 0.25) is 0 Å². The maximum atomic E-state index is 12.1. The summed E-state index contributed by atoms with van der Waals surface area (Å²) in [7, 11) is 0. The summed E-state index contributed by atoms with van der Waals surface area (Å²) in [5.41, 5.74) is 4.72. The number of amides is 1. The van der Waals surface area contributed by atoms with Crippen molar-refractivity contribution in [3.05, 3.63) is 0 Å². The average Bonchev–Trinajstić information content (AvgIpc) is 2.60. The first-order valence-electron chi connectivity index (χ1n) is 9.33. The zero-order valence-corrected chi connectivity index (χ0v) is 16.9. The molecule has 0 aromatic rings. The van der Waals surface area contributed by atoms with Crippen LogP contribution >= 0.6 is 0 Å². The van der Waals surface area contributed by atoms with Gasteiger partial charge in [0.15, 0.2) is 0 Å². The molecule has 0 saturated heterocycles. The molecule has 0 aliphatic carbocycles. The predicted octanol–water partition coefficient (Wildman–Crippen LogP) is 0.838. The zero-order chi connectivity index (χ0) is 20.4. The molecule has 0 atom stereocenters. The zero-order valence-electron chi connectivity index (χ0n) is 16.9. The largest absolute Gasteiger partial charge is 0.444 e. The van der Waals surface area contributed by atoms with Gasteiger partial charge in [0.1, 0.15) is 11.9 Å². The van der Waals surface area contributed by atoms with Crippen LogP contribution in [0.2, 0.25) is 0 Å². The van der Waals surface area contributed by atoms with Crippen LogP contribution in [0.1, 0.15) is 27.2 Å². The van der Waals surface area contributed by atoms with Gasteiger partial charge >= 0.3 is 6.09 Å². The van der Waals surface area contributed by atoms with E-state index in [1.54, 1.807) is 20.8 Å². The molecule has 27 heavy (non-hydrogen) atoms. The van der Waals surface area contributed by atoms with E-state index in [2.05, 4.69) is 0 Å². The van der Waals surface area contributed by atoms with Gasteiger partial charge in [-0.1, -0.05) is 0 Å². The van der Waals surface area contributed by atoms with E-state index in [4.69, 9.17) is 29.4 Å². The number of carbonyl (C=O) groups is 2. The second-order valence-electron chi connectivity index (χ2n) is 6.66. The molecular weight excluding hydrogens is 356 g/mol. The molecule has 0 fully saturated rings. The third-order valence-electron chi connectivity index (χ3n) is 3.05. The second-order valence-corrected chi connectivity index (χ2v) is 6.66. The summed E-state index contributed by atoms with van der Waals surface area (Å²) in [6.07, 6.45) is 0.592. The van der Waals surface area contributed by atoms with Gasteiger partial charge in [-0.25, -0.2) is 4.79 Å². The normalized spacial score (nSPS) is 11.4. The van der Waals surface area contributed by atoms with Gasteiger partial charge in [0.05, 0.1) is 52.9 Å². The molecule has 0 unspecified atom stereocenters. The van der Waals surface area contributed by atoms with Crippen LogP contribution in [-0.2, 0) is 28.5 Å². The molecule has 0 bridgehead atoms. The number of hydrogen-bond acceptors (Lipinski definition) is 8. The number of rotatable bonds is 17. The SMILES string of the molecule is CC(C)(C)OC(=O)N(CCC=O)CCOCCOCCOCCOCCN. The third-order valence-corrected chi connectivity index (χ3v) is 3.05. The van der Waals surface area contributed by atoms with Crippen molar-refractivity contribution in [1.29, 1.82) is 0 Å². The highest BCUT2D eigenvalue weighted by atomic mass is 16.6. The fraction of sp³-hybridized carbons (Fsp3) is 0.889. The van der Waals surface area contributed by atoms with Crippen LogP contribution < -0.4 is 5.73 Å². The molecule has 0 saturated carbocycles. The Morgan fingerprint density at radius 2 is 1.33 bits per heavy atom. The maximum Gasteiger partial charge on any atom is 0.410 e. The molecule has 0 aliphatic rings. The minimum atomic E-state index is -0.580. The van der Waals surface area contributed by atoms with Crippen molar-refractivity contribution >= 4 is 12.4 Å². The smallest absolute Gasteiger partial charge is 0.410 e. The topological polar surface area (TPSA) is 110 Å². The Hall–Kier alpha value is -1.26. The first-order valence-corrected chi connectivity index (χ1v) is 9.33. The van der Waals surface area contributed by atoms with Crippen LogP contribution in [-0.4, -0.2) is 95.4 Å². The number of aldehydes is 1. The molecule has 0 heterocycles. The van der Waals surface area contributed by atoms with Gasteiger partial charge in [0.25, 0.3) is 0 Å². The average molecular weight is 392 g/mol. The van der Waals surface area contributed by atoms with Crippen LogP contribution in [0.3, 0.4) is 0 Å². The lowest BCUT2D eigenvalue weighted by Gasteiger charge is -2.27. The summed E-state index contributed by atoms with van der Waals surface area (Å²) in [6, 6.07) is 0. The lowest BCUT2D eigenvalue weighted by Crippen LogP contribution is -2.39. The molecule has 0 radical (unpaired) electrons. The van der Waals surface area contributed by atoms with Crippen molar-refractivity contribution < 1.29 is 33.3 Å². The Bertz CT molecular complexity index is 375. The molecule has 0 spiro atoms. The van der Waals surface area contributed by atoms with E-state index in [0.29, 0.717) is 72.5 Å². The molecule has 1 amide bonds. The number of carbonyl (C=O) groups excluding carboxylic acids is 2. The minimum absolute atomic E-state index is 0.264. The number of ether oxygens (including phenoxy) is 5. The Kier molecular flexibility index (Phi) is 16.1. The van der Waals surface area contributed by atoms with Gasteiger partial charge in [-0.15, -0.1) is 0 Å². The van der Waals surface area contributed by atoms with E-state index in [-0.39, 0.29) is 6.42 Å². The van der Waals surface area contributed by atoms with Crippen molar-refractivity contribution in [2.24, 2.45) is 5.73 Å². The van der Waals surface area contributed by atoms with Gasteiger partial charge < -0.3 is 39.1 Å². The Balaban J connectivity index is 3.68. The fourth-order valence-corrected chi connectivity index (χ4v) is 1.85. The Labute approximate surface area is 162 Å². The molecule has 9 nitrogen and oxygen atoms in total. The lowest BCUT2D eigenvalue weighted by molar-refractivity contribution is -0.108. The van der Waals surface area contributed by atoms with E-state index < -0.39 is 11.7 Å². The number of hydrogen-bond donors (Lipinski definition) is 1.